The van der Waals surface area contributed by atoms with Crippen LogP contribution < -0.4 is 5.76 Å². The maximum absolute atomic E-state index is 11.1. The minimum Gasteiger partial charge on any atom is -0.408 e. The monoisotopic (exact) mass is 297 g/mol. The van der Waals surface area contributed by atoms with E-state index in [0.717, 1.165) is 17.5 Å². The van der Waals surface area contributed by atoms with Gasteiger partial charge in [-0.2, -0.15) is 0 Å². The van der Waals surface area contributed by atoms with E-state index >= 15 is 0 Å². The van der Waals surface area contributed by atoms with Crippen LogP contribution in [0.4, 0.5) is 0 Å². The quantitative estimate of drug-likeness (QED) is 0.871. The van der Waals surface area contributed by atoms with Crippen LogP contribution >= 0.6 is 15.9 Å². The van der Waals surface area contributed by atoms with Gasteiger partial charge in [-0.3, -0.25) is 4.98 Å². The number of alkyl halides is 1. The van der Waals surface area contributed by atoms with Crippen LogP contribution in [0.25, 0.3) is 11.1 Å². The number of aromatic amines is 1. The van der Waals surface area contributed by atoms with Crippen molar-refractivity contribution >= 4 is 27.0 Å². The van der Waals surface area contributed by atoms with E-state index in [1.54, 1.807) is 0 Å². The second-order valence-electron chi connectivity index (χ2n) is 4.97. The summed E-state index contributed by atoms with van der Waals surface area (Å²) in [6.07, 6.45) is 1.07. The Balaban J connectivity index is 2.45. The Bertz CT molecular complexity index is 582. The summed E-state index contributed by atoms with van der Waals surface area (Å²) >= 11 is 3.73. The van der Waals surface area contributed by atoms with E-state index in [9.17, 15) is 4.79 Å². The van der Waals surface area contributed by atoms with Crippen LogP contribution in [-0.2, 0) is 0 Å². The van der Waals surface area contributed by atoms with Gasteiger partial charge in [0.25, 0.3) is 0 Å². The number of hydrogen-bond acceptors (Lipinski definition) is 2. The van der Waals surface area contributed by atoms with Crippen LogP contribution in [0.5, 0.6) is 0 Å². The first-order valence-electron chi connectivity index (χ1n) is 5.71. The van der Waals surface area contributed by atoms with Crippen molar-refractivity contribution in [2.75, 3.05) is 0 Å². The van der Waals surface area contributed by atoms with Gasteiger partial charge in [-0.1, -0.05) is 42.8 Å². The van der Waals surface area contributed by atoms with Crippen LogP contribution in [0.1, 0.15) is 37.6 Å². The van der Waals surface area contributed by atoms with Gasteiger partial charge < -0.3 is 4.42 Å². The molecule has 0 bridgehead atoms. The third-order valence-corrected chi connectivity index (χ3v) is 5.10. The summed E-state index contributed by atoms with van der Waals surface area (Å²) in [4.78, 5) is 14.0. The summed E-state index contributed by atoms with van der Waals surface area (Å²) in [5.74, 6) is -0.405. The molecule has 0 saturated carbocycles. The summed E-state index contributed by atoms with van der Waals surface area (Å²) in [6.45, 7) is 6.59. The van der Waals surface area contributed by atoms with E-state index in [-0.39, 0.29) is 10.2 Å². The minimum absolute atomic E-state index is 0.157. The van der Waals surface area contributed by atoms with E-state index in [4.69, 9.17) is 4.42 Å². The normalized spacial score (nSPS) is 14.1. The maximum Gasteiger partial charge on any atom is 0.417 e. The van der Waals surface area contributed by atoms with Gasteiger partial charge in [0.05, 0.1) is 5.52 Å². The lowest BCUT2D eigenvalue weighted by Gasteiger charge is -2.29. The minimum atomic E-state index is -0.405. The smallest absolute Gasteiger partial charge is 0.408 e. The van der Waals surface area contributed by atoms with Crippen molar-refractivity contribution in [3.8, 4) is 0 Å². The summed E-state index contributed by atoms with van der Waals surface area (Å²) in [5.41, 5.74) is 2.65. The number of hydrogen-bond donors (Lipinski definition) is 1. The zero-order chi connectivity index (χ0) is 12.6. The number of rotatable bonds is 3. The summed E-state index contributed by atoms with van der Waals surface area (Å²) in [7, 11) is 0. The Morgan fingerprint density at radius 3 is 2.82 bits per heavy atom. The predicted molar refractivity (Wildman–Crippen MR) is 72.6 cm³/mol. The first-order valence-corrected chi connectivity index (χ1v) is 6.62. The molecule has 1 aromatic carbocycles. The molecule has 17 heavy (non-hydrogen) atoms. The van der Waals surface area contributed by atoms with E-state index in [1.165, 1.54) is 0 Å². The van der Waals surface area contributed by atoms with Gasteiger partial charge in [-0.15, -0.1) is 0 Å². The standard InChI is InChI=1S/C13H16BrNO2/c1-4-13(2,3)11(14)8-5-6-9-10(7-8)17-12(16)15-9/h5-7,11H,4H2,1-3H3,(H,15,16). The fourth-order valence-electron chi connectivity index (χ4n) is 1.75. The molecule has 2 aromatic rings. The molecule has 92 valence electrons. The largest absolute Gasteiger partial charge is 0.417 e. The third-order valence-electron chi connectivity index (χ3n) is 3.34. The van der Waals surface area contributed by atoms with Gasteiger partial charge >= 0.3 is 5.76 Å². The van der Waals surface area contributed by atoms with Crippen molar-refractivity contribution in [3.63, 3.8) is 0 Å². The highest BCUT2D eigenvalue weighted by Gasteiger charge is 2.27. The van der Waals surface area contributed by atoms with Crippen LogP contribution in [-0.4, -0.2) is 4.98 Å². The molecule has 1 N–H and O–H groups in total. The number of benzene rings is 1. The van der Waals surface area contributed by atoms with Gasteiger partial charge in [0, 0.05) is 4.83 Å². The molecular weight excluding hydrogens is 282 g/mol. The Hall–Kier alpha value is -1.03. The Morgan fingerprint density at radius 1 is 1.47 bits per heavy atom. The SMILES string of the molecule is CCC(C)(C)C(Br)c1ccc2[nH]c(=O)oc2c1. The highest BCUT2D eigenvalue weighted by Crippen LogP contribution is 2.43. The van der Waals surface area contributed by atoms with Crippen molar-refractivity contribution in [2.24, 2.45) is 5.41 Å². The second kappa shape index (κ2) is 4.33. The molecule has 1 unspecified atom stereocenters. The number of nitrogens with one attached hydrogen (secondary N) is 1. The van der Waals surface area contributed by atoms with Crippen LogP contribution in [0, 0.1) is 5.41 Å². The first-order chi connectivity index (χ1) is 7.94. The Kier molecular flexibility index (Phi) is 3.17. The first kappa shape index (κ1) is 12.4. The van der Waals surface area contributed by atoms with Crippen LogP contribution in [0.3, 0.4) is 0 Å². The molecule has 0 amide bonds. The zero-order valence-corrected chi connectivity index (χ0v) is 11.8. The zero-order valence-electron chi connectivity index (χ0n) is 10.2. The lowest BCUT2D eigenvalue weighted by molar-refractivity contribution is 0.346. The highest BCUT2D eigenvalue weighted by atomic mass is 79.9. The molecule has 0 saturated heterocycles. The summed E-state index contributed by atoms with van der Waals surface area (Å²) < 4.78 is 5.07. The number of oxazole rings is 1. The molecule has 3 nitrogen and oxygen atoms in total. The number of fused-ring (bicyclic) bond motifs is 1. The van der Waals surface area contributed by atoms with Gasteiger partial charge in [-0.25, -0.2) is 4.79 Å². The molecule has 2 rings (SSSR count). The van der Waals surface area contributed by atoms with Crippen LogP contribution in [0.15, 0.2) is 27.4 Å². The third kappa shape index (κ3) is 2.32. The van der Waals surface area contributed by atoms with Gasteiger partial charge in [0.1, 0.15) is 0 Å². The number of halogens is 1. The van der Waals surface area contributed by atoms with E-state index in [1.807, 2.05) is 18.2 Å². The molecule has 1 heterocycles. The molecule has 0 aliphatic carbocycles. The summed E-state index contributed by atoms with van der Waals surface area (Å²) in [5, 5.41) is 0. The topological polar surface area (TPSA) is 46.0 Å². The predicted octanol–water partition coefficient (Wildman–Crippen LogP) is 3.99. The average molecular weight is 298 g/mol. The molecular formula is C13H16BrNO2. The molecule has 0 aliphatic rings. The average Bonchev–Trinajstić information content (AvgIpc) is 2.66. The maximum atomic E-state index is 11.1. The molecule has 0 aliphatic heterocycles. The molecule has 1 aromatic heterocycles. The molecule has 0 fully saturated rings. The van der Waals surface area contributed by atoms with Crippen LogP contribution in [0.2, 0.25) is 0 Å². The van der Waals surface area contributed by atoms with E-state index in [0.29, 0.717) is 5.58 Å². The molecule has 0 radical (unpaired) electrons. The van der Waals surface area contributed by atoms with Crippen molar-refractivity contribution in [3.05, 3.63) is 34.3 Å². The van der Waals surface area contributed by atoms with Gasteiger partial charge in [0.2, 0.25) is 0 Å². The fourth-order valence-corrected chi connectivity index (χ4v) is 2.36. The van der Waals surface area contributed by atoms with Crippen molar-refractivity contribution < 1.29 is 4.42 Å². The van der Waals surface area contributed by atoms with Gasteiger partial charge in [0.15, 0.2) is 5.58 Å². The Morgan fingerprint density at radius 2 is 2.18 bits per heavy atom. The fraction of sp³-hybridized carbons (Fsp3) is 0.462. The molecule has 4 heteroatoms. The highest BCUT2D eigenvalue weighted by molar-refractivity contribution is 9.09. The lowest BCUT2D eigenvalue weighted by atomic mass is 9.83. The summed E-state index contributed by atoms with van der Waals surface area (Å²) in [6, 6.07) is 5.82. The lowest BCUT2D eigenvalue weighted by Crippen LogP contribution is -2.16. The van der Waals surface area contributed by atoms with Crippen molar-refractivity contribution in [1.82, 2.24) is 4.98 Å². The number of H-pyrrole nitrogens is 1. The second-order valence-corrected chi connectivity index (χ2v) is 5.89. The van der Waals surface area contributed by atoms with E-state index < -0.39 is 5.76 Å². The van der Waals surface area contributed by atoms with E-state index in [2.05, 4.69) is 41.7 Å². The Labute approximate surface area is 108 Å². The van der Waals surface area contributed by atoms with Crippen molar-refractivity contribution in [1.29, 1.82) is 0 Å². The molecule has 0 spiro atoms. The number of aromatic nitrogens is 1. The van der Waals surface area contributed by atoms with Crippen molar-refractivity contribution in [2.45, 2.75) is 32.0 Å². The van der Waals surface area contributed by atoms with Gasteiger partial charge in [-0.05, 0) is 29.5 Å². The molecule has 1 atom stereocenters.